The lowest BCUT2D eigenvalue weighted by molar-refractivity contribution is 0.0670. The van der Waals surface area contributed by atoms with E-state index in [1.165, 1.54) is 4.70 Å². The van der Waals surface area contributed by atoms with E-state index >= 15 is 0 Å². The minimum Gasteiger partial charge on any atom is -0.490 e. The van der Waals surface area contributed by atoms with E-state index in [1.807, 2.05) is 36.4 Å². The number of nitrogens with one attached hydrogen (secondary N) is 1. The van der Waals surface area contributed by atoms with Gasteiger partial charge in [-0.1, -0.05) is 24.3 Å². The van der Waals surface area contributed by atoms with E-state index in [2.05, 4.69) is 16.4 Å². The Kier molecular flexibility index (Phi) is 5.65. The van der Waals surface area contributed by atoms with Gasteiger partial charge in [-0.15, -0.1) is 11.3 Å². The molecular weight excluding hydrogens is 360 g/mol. The molecule has 1 saturated heterocycles. The van der Waals surface area contributed by atoms with Gasteiger partial charge in [0, 0.05) is 19.6 Å². The van der Waals surface area contributed by atoms with Crippen molar-refractivity contribution in [3.63, 3.8) is 0 Å². The summed E-state index contributed by atoms with van der Waals surface area (Å²) >= 11 is 1.67. The largest absolute Gasteiger partial charge is 0.490 e. The van der Waals surface area contributed by atoms with E-state index in [1.54, 1.807) is 17.4 Å². The molecule has 2 heterocycles. The zero-order chi connectivity index (χ0) is 18.5. The summed E-state index contributed by atoms with van der Waals surface area (Å²) in [6.07, 6.45) is 2.92. The number of ether oxygens (including phenoxy) is 2. The molecule has 4 rings (SSSR count). The molecule has 0 aliphatic carbocycles. The van der Waals surface area contributed by atoms with E-state index in [-0.39, 0.29) is 12.0 Å². The van der Waals surface area contributed by atoms with Crippen molar-refractivity contribution in [3.8, 4) is 5.75 Å². The summed E-state index contributed by atoms with van der Waals surface area (Å²) in [4.78, 5) is 17.2. The Morgan fingerprint density at radius 1 is 1.22 bits per heavy atom. The number of para-hydroxylation sites is 2. The topological polar surface area (TPSA) is 60.5 Å². The Morgan fingerprint density at radius 2 is 2.07 bits per heavy atom. The average Bonchev–Trinajstić information content (AvgIpc) is 3.35. The molecule has 0 spiro atoms. The quantitative estimate of drug-likeness (QED) is 0.675. The zero-order valence-corrected chi connectivity index (χ0v) is 15.8. The predicted molar refractivity (Wildman–Crippen MR) is 107 cm³/mol. The van der Waals surface area contributed by atoms with Crippen LogP contribution in [0.4, 0.5) is 0 Å². The number of carbonyl (C=O) groups excluding carboxylic acids is 1. The fourth-order valence-electron chi connectivity index (χ4n) is 3.14. The van der Waals surface area contributed by atoms with Crippen LogP contribution in [0.25, 0.3) is 10.2 Å². The van der Waals surface area contributed by atoms with Crippen molar-refractivity contribution in [2.45, 2.75) is 25.4 Å². The number of carbonyl (C=O) groups is 1. The Balaban J connectivity index is 1.33. The van der Waals surface area contributed by atoms with Gasteiger partial charge in [0.15, 0.2) is 0 Å². The van der Waals surface area contributed by atoms with Gasteiger partial charge in [0.25, 0.3) is 5.91 Å². The molecule has 0 saturated carbocycles. The lowest BCUT2D eigenvalue weighted by atomic mass is 10.2. The molecule has 1 aromatic heterocycles. The summed E-state index contributed by atoms with van der Waals surface area (Å²) in [5.41, 5.74) is 1.57. The van der Waals surface area contributed by atoms with E-state index in [0.29, 0.717) is 30.9 Å². The molecule has 1 amide bonds. The number of fused-ring (bicyclic) bond motifs is 1. The summed E-state index contributed by atoms with van der Waals surface area (Å²) in [5.74, 6) is 0.476. The van der Waals surface area contributed by atoms with Gasteiger partial charge in [0.05, 0.1) is 26.9 Å². The summed E-state index contributed by atoms with van der Waals surface area (Å²) in [6.45, 7) is 1.82. The molecule has 0 radical (unpaired) electrons. The molecule has 140 valence electrons. The van der Waals surface area contributed by atoms with Crippen LogP contribution in [0.1, 0.15) is 28.2 Å². The van der Waals surface area contributed by atoms with Crippen molar-refractivity contribution in [2.24, 2.45) is 0 Å². The first-order chi connectivity index (χ1) is 13.3. The number of hydrogen-bond donors (Lipinski definition) is 1. The van der Waals surface area contributed by atoms with Crippen molar-refractivity contribution in [1.82, 2.24) is 10.3 Å². The fourth-order valence-corrected chi connectivity index (χ4v) is 4.11. The van der Waals surface area contributed by atoms with Crippen molar-refractivity contribution in [3.05, 3.63) is 59.1 Å². The monoisotopic (exact) mass is 382 g/mol. The predicted octanol–water partition coefficient (Wildman–Crippen LogP) is 3.83. The highest BCUT2D eigenvalue weighted by atomic mass is 32.1. The zero-order valence-electron chi connectivity index (χ0n) is 15.0. The molecular formula is C21H22N2O3S. The van der Waals surface area contributed by atoms with Crippen molar-refractivity contribution in [1.29, 1.82) is 0 Å². The standard InChI is InChI=1S/C21H22N2O3S/c24-21(22-12-11-20-23-17-8-2-4-10-19(17)27-20)16-7-1-3-9-18(16)26-14-15-6-5-13-25-15/h1-4,7-10,15H,5-6,11-14H2,(H,22,24). The molecule has 1 aliphatic heterocycles. The number of hydrogen-bond acceptors (Lipinski definition) is 5. The molecule has 1 atom stereocenters. The lowest BCUT2D eigenvalue weighted by Crippen LogP contribution is -2.26. The van der Waals surface area contributed by atoms with Crippen molar-refractivity contribution in [2.75, 3.05) is 19.8 Å². The number of benzene rings is 2. The third-order valence-corrected chi connectivity index (χ3v) is 5.64. The van der Waals surface area contributed by atoms with Gasteiger partial charge in [0.1, 0.15) is 12.4 Å². The fraction of sp³-hybridized carbons (Fsp3) is 0.333. The molecule has 3 aromatic rings. The van der Waals surface area contributed by atoms with Crippen LogP contribution in [0.15, 0.2) is 48.5 Å². The number of rotatable bonds is 7. The second-order valence-corrected chi connectivity index (χ2v) is 7.64. The van der Waals surface area contributed by atoms with Crippen LogP contribution in [0.2, 0.25) is 0 Å². The van der Waals surface area contributed by atoms with Gasteiger partial charge in [-0.3, -0.25) is 4.79 Å². The molecule has 1 fully saturated rings. The van der Waals surface area contributed by atoms with E-state index in [0.717, 1.165) is 30.0 Å². The molecule has 1 N–H and O–H groups in total. The normalized spacial score (nSPS) is 16.5. The van der Waals surface area contributed by atoms with Crippen molar-refractivity contribution < 1.29 is 14.3 Å². The van der Waals surface area contributed by atoms with E-state index < -0.39 is 0 Å². The van der Waals surface area contributed by atoms with Gasteiger partial charge in [0.2, 0.25) is 0 Å². The Labute approximate surface area is 162 Å². The molecule has 1 aliphatic rings. The molecule has 0 bridgehead atoms. The van der Waals surface area contributed by atoms with Crippen LogP contribution in [0.5, 0.6) is 5.75 Å². The highest BCUT2D eigenvalue weighted by molar-refractivity contribution is 7.18. The van der Waals surface area contributed by atoms with E-state index in [4.69, 9.17) is 9.47 Å². The minimum atomic E-state index is -0.126. The summed E-state index contributed by atoms with van der Waals surface area (Å²) in [5, 5.41) is 4.00. The van der Waals surface area contributed by atoms with Gasteiger partial charge in [-0.2, -0.15) is 0 Å². The average molecular weight is 382 g/mol. The second kappa shape index (κ2) is 8.50. The van der Waals surface area contributed by atoms with Crippen LogP contribution >= 0.6 is 11.3 Å². The minimum absolute atomic E-state index is 0.125. The number of aromatic nitrogens is 1. The number of amides is 1. The number of thiazole rings is 1. The Hall–Kier alpha value is -2.44. The molecule has 27 heavy (non-hydrogen) atoms. The molecule has 1 unspecified atom stereocenters. The number of nitrogens with zero attached hydrogens (tertiary/aromatic N) is 1. The first-order valence-corrected chi connectivity index (χ1v) is 10.1. The van der Waals surface area contributed by atoms with Gasteiger partial charge < -0.3 is 14.8 Å². The first kappa shape index (κ1) is 17.9. The highest BCUT2D eigenvalue weighted by Crippen LogP contribution is 2.22. The summed E-state index contributed by atoms with van der Waals surface area (Å²) < 4.78 is 12.6. The lowest BCUT2D eigenvalue weighted by Gasteiger charge is -2.14. The summed E-state index contributed by atoms with van der Waals surface area (Å²) in [6, 6.07) is 15.4. The van der Waals surface area contributed by atoms with Crippen LogP contribution in [0.3, 0.4) is 0 Å². The molecule has 2 aromatic carbocycles. The maximum Gasteiger partial charge on any atom is 0.255 e. The van der Waals surface area contributed by atoms with Crippen LogP contribution in [-0.2, 0) is 11.2 Å². The maximum absolute atomic E-state index is 12.6. The van der Waals surface area contributed by atoms with Gasteiger partial charge in [-0.25, -0.2) is 4.98 Å². The third-order valence-electron chi connectivity index (χ3n) is 4.54. The highest BCUT2D eigenvalue weighted by Gasteiger charge is 2.18. The maximum atomic E-state index is 12.6. The second-order valence-electron chi connectivity index (χ2n) is 6.52. The van der Waals surface area contributed by atoms with Crippen molar-refractivity contribution >= 4 is 27.5 Å². The van der Waals surface area contributed by atoms with Crippen LogP contribution < -0.4 is 10.1 Å². The van der Waals surface area contributed by atoms with Gasteiger partial charge in [-0.05, 0) is 37.1 Å². The smallest absolute Gasteiger partial charge is 0.255 e. The van der Waals surface area contributed by atoms with E-state index in [9.17, 15) is 4.79 Å². The molecule has 5 nitrogen and oxygen atoms in total. The SMILES string of the molecule is O=C(NCCc1nc2ccccc2s1)c1ccccc1OCC1CCCO1. The molecule has 6 heteroatoms. The van der Waals surface area contributed by atoms with Crippen LogP contribution in [-0.4, -0.2) is 36.8 Å². The van der Waals surface area contributed by atoms with Crippen LogP contribution in [0, 0.1) is 0 Å². The Morgan fingerprint density at radius 3 is 2.93 bits per heavy atom. The Bertz CT molecular complexity index is 885. The van der Waals surface area contributed by atoms with Gasteiger partial charge >= 0.3 is 0 Å². The summed E-state index contributed by atoms with van der Waals surface area (Å²) in [7, 11) is 0. The third kappa shape index (κ3) is 4.46. The first-order valence-electron chi connectivity index (χ1n) is 9.26.